The monoisotopic (exact) mass is 267 g/mol. The van der Waals surface area contributed by atoms with E-state index in [1.165, 1.54) is 0 Å². The molecule has 2 aromatic rings. The van der Waals surface area contributed by atoms with Gasteiger partial charge < -0.3 is 10.6 Å². The second kappa shape index (κ2) is 4.94. The molecule has 0 atom stereocenters. The zero-order valence-electron chi connectivity index (χ0n) is 9.77. The maximum absolute atomic E-state index is 5.97. The molecule has 1 heterocycles. The van der Waals surface area contributed by atoms with Crippen molar-refractivity contribution in [3.63, 3.8) is 0 Å². The lowest BCUT2D eigenvalue weighted by atomic mass is 10.2. The molecule has 0 saturated heterocycles. The smallest absolute Gasteiger partial charge is 0.112 e. The predicted octanol–water partition coefficient (Wildman–Crippen LogP) is 3.32. The Kier molecular flexibility index (Phi) is 3.54. The van der Waals surface area contributed by atoms with Crippen LogP contribution in [0.2, 0.25) is 5.02 Å². The molecule has 0 aliphatic heterocycles. The third-order valence-electron chi connectivity index (χ3n) is 2.44. The van der Waals surface area contributed by atoms with Crippen molar-refractivity contribution >= 4 is 34.3 Å². The molecule has 0 unspecified atom stereocenters. The molecule has 17 heavy (non-hydrogen) atoms. The SMILES string of the molecule is Cc1csc(CN(C)c2cc(Cl)ccc2N)n1. The fraction of sp³-hybridized carbons (Fsp3) is 0.250. The molecule has 90 valence electrons. The van der Waals surface area contributed by atoms with Gasteiger partial charge in [0.2, 0.25) is 0 Å². The van der Waals surface area contributed by atoms with Crippen LogP contribution in [0.1, 0.15) is 10.7 Å². The predicted molar refractivity (Wildman–Crippen MR) is 74.8 cm³/mol. The first-order valence-corrected chi connectivity index (χ1v) is 6.49. The molecule has 5 heteroatoms. The lowest BCUT2D eigenvalue weighted by molar-refractivity contribution is 0.906. The quantitative estimate of drug-likeness (QED) is 0.868. The van der Waals surface area contributed by atoms with E-state index in [1.807, 2.05) is 31.5 Å². The molecule has 2 rings (SSSR count). The zero-order valence-corrected chi connectivity index (χ0v) is 11.3. The minimum atomic E-state index is 0.691. The van der Waals surface area contributed by atoms with E-state index < -0.39 is 0 Å². The van der Waals surface area contributed by atoms with Crippen molar-refractivity contribution in [1.29, 1.82) is 0 Å². The van der Waals surface area contributed by atoms with Crippen molar-refractivity contribution in [1.82, 2.24) is 4.98 Å². The number of halogens is 1. The molecule has 1 aromatic carbocycles. The van der Waals surface area contributed by atoms with E-state index in [-0.39, 0.29) is 0 Å². The van der Waals surface area contributed by atoms with Crippen molar-refractivity contribution in [2.24, 2.45) is 0 Å². The highest BCUT2D eigenvalue weighted by Gasteiger charge is 2.08. The van der Waals surface area contributed by atoms with Crippen LogP contribution in [-0.4, -0.2) is 12.0 Å². The fourth-order valence-corrected chi connectivity index (χ4v) is 2.60. The van der Waals surface area contributed by atoms with Gasteiger partial charge in [0.15, 0.2) is 0 Å². The zero-order chi connectivity index (χ0) is 12.4. The number of hydrogen-bond donors (Lipinski definition) is 1. The molecule has 0 radical (unpaired) electrons. The van der Waals surface area contributed by atoms with Gasteiger partial charge in [0, 0.05) is 23.1 Å². The standard InChI is InChI=1S/C12H14ClN3S/c1-8-7-17-12(15-8)6-16(2)11-5-9(13)3-4-10(11)14/h3-5,7H,6,14H2,1-2H3. The maximum Gasteiger partial charge on any atom is 0.112 e. The molecule has 2 N–H and O–H groups in total. The summed E-state index contributed by atoms with van der Waals surface area (Å²) >= 11 is 7.63. The number of hydrogen-bond acceptors (Lipinski definition) is 4. The third-order valence-corrected chi connectivity index (χ3v) is 3.63. The van der Waals surface area contributed by atoms with Gasteiger partial charge in [-0.2, -0.15) is 0 Å². The minimum Gasteiger partial charge on any atom is -0.397 e. The van der Waals surface area contributed by atoms with Crippen molar-refractivity contribution in [3.8, 4) is 0 Å². The van der Waals surface area contributed by atoms with Crippen LogP contribution in [0.5, 0.6) is 0 Å². The van der Waals surface area contributed by atoms with Crippen LogP contribution in [0.25, 0.3) is 0 Å². The number of thiazole rings is 1. The second-order valence-corrected chi connectivity index (χ2v) is 5.32. The summed E-state index contributed by atoms with van der Waals surface area (Å²) in [5.41, 5.74) is 8.65. The third kappa shape index (κ3) is 2.90. The first kappa shape index (κ1) is 12.2. The first-order chi connectivity index (χ1) is 8.06. The molecule has 0 saturated carbocycles. The number of anilines is 2. The summed E-state index contributed by atoms with van der Waals surface area (Å²) in [6.07, 6.45) is 0. The Balaban J connectivity index is 2.19. The molecule has 0 amide bonds. The number of aromatic nitrogens is 1. The van der Waals surface area contributed by atoms with Crippen LogP contribution in [0.3, 0.4) is 0 Å². The molecule has 0 aliphatic carbocycles. The normalized spacial score (nSPS) is 10.5. The van der Waals surface area contributed by atoms with Crippen molar-refractivity contribution in [3.05, 3.63) is 39.3 Å². The highest BCUT2D eigenvalue weighted by molar-refractivity contribution is 7.09. The van der Waals surface area contributed by atoms with E-state index in [0.29, 0.717) is 5.02 Å². The number of nitrogen functional groups attached to an aromatic ring is 1. The van der Waals surface area contributed by atoms with E-state index in [4.69, 9.17) is 17.3 Å². The van der Waals surface area contributed by atoms with E-state index in [9.17, 15) is 0 Å². The molecule has 0 spiro atoms. The summed E-state index contributed by atoms with van der Waals surface area (Å²) in [6.45, 7) is 2.73. The Morgan fingerprint density at radius 1 is 1.47 bits per heavy atom. The fourth-order valence-electron chi connectivity index (χ4n) is 1.61. The summed E-state index contributed by atoms with van der Waals surface area (Å²) < 4.78 is 0. The first-order valence-electron chi connectivity index (χ1n) is 5.23. The Hall–Kier alpha value is -1.26. The van der Waals surface area contributed by atoms with E-state index >= 15 is 0 Å². The summed E-state index contributed by atoms with van der Waals surface area (Å²) in [4.78, 5) is 6.49. The van der Waals surface area contributed by atoms with E-state index in [0.717, 1.165) is 28.6 Å². The molecule has 0 bridgehead atoms. The second-order valence-electron chi connectivity index (χ2n) is 3.94. The van der Waals surface area contributed by atoms with Gasteiger partial charge in [-0.25, -0.2) is 4.98 Å². The maximum atomic E-state index is 5.97. The van der Waals surface area contributed by atoms with Crippen molar-refractivity contribution in [2.45, 2.75) is 13.5 Å². The highest BCUT2D eigenvalue weighted by atomic mass is 35.5. The molecule has 0 aliphatic rings. The van der Waals surface area contributed by atoms with Crippen LogP contribution in [0.4, 0.5) is 11.4 Å². The van der Waals surface area contributed by atoms with Gasteiger partial charge in [0.05, 0.1) is 17.9 Å². The topological polar surface area (TPSA) is 42.1 Å². The number of aryl methyl sites for hydroxylation is 1. The Morgan fingerprint density at radius 2 is 2.24 bits per heavy atom. The van der Waals surface area contributed by atoms with Crippen molar-refractivity contribution < 1.29 is 0 Å². The summed E-state index contributed by atoms with van der Waals surface area (Å²) in [5, 5.41) is 3.81. The van der Waals surface area contributed by atoms with Crippen LogP contribution >= 0.6 is 22.9 Å². The van der Waals surface area contributed by atoms with Crippen LogP contribution in [0, 0.1) is 6.92 Å². The molecule has 0 fully saturated rings. The van der Waals surface area contributed by atoms with Gasteiger partial charge in [-0.1, -0.05) is 11.6 Å². The summed E-state index contributed by atoms with van der Waals surface area (Å²) in [6, 6.07) is 5.49. The molecular formula is C12H14ClN3S. The van der Waals surface area contributed by atoms with Crippen LogP contribution in [0.15, 0.2) is 23.6 Å². The van der Waals surface area contributed by atoms with Gasteiger partial charge in [0.25, 0.3) is 0 Å². The minimum absolute atomic E-state index is 0.691. The highest BCUT2D eigenvalue weighted by Crippen LogP contribution is 2.27. The Bertz CT molecular complexity index is 524. The lowest BCUT2D eigenvalue weighted by Gasteiger charge is -2.20. The Morgan fingerprint density at radius 3 is 2.88 bits per heavy atom. The van der Waals surface area contributed by atoms with Crippen molar-refractivity contribution in [2.75, 3.05) is 17.7 Å². The lowest BCUT2D eigenvalue weighted by Crippen LogP contribution is -2.17. The largest absolute Gasteiger partial charge is 0.397 e. The van der Waals surface area contributed by atoms with Gasteiger partial charge in [0.1, 0.15) is 5.01 Å². The molecule has 1 aromatic heterocycles. The van der Waals surface area contributed by atoms with Gasteiger partial charge >= 0.3 is 0 Å². The van der Waals surface area contributed by atoms with Crippen LogP contribution in [-0.2, 0) is 6.54 Å². The van der Waals surface area contributed by atoms with Gasteiger partial charge in [-0.15, -0.1) is 11.3 Å². The van der Waals surface area contributed by atoms with E-state index in [1.54, 1.807) is 17.4 Å². The van der Waals surface area contributed by atoms with E-state index in [2.05, 4.69) is 9.88 Å². The summed E-state index contributed by atoms with van der Waals surface area (Å²) in [5.74, 6) is 0. The van der Waals surface area contributed by atoms with Gasteiger partial charge in [-0.3, -0.25) is 0 Å². The summed E-state index contributed by atoms with van der Waals surface area (Å²) in [7, 11) is 1.98. The molecule has 3 nitrogen and oxygen atoms in total. The van der Waals surface area contributed by atoms with Gasteiger partial charge in [-0.05, 0) is 25.1 Å². The number of nitrogens with two attached hydrogens (primary N) is 1. The van der Waals surface area contributed by atoms with Crippen LogP contribution < -0.4 is 10.6 Å². The molecular weight excluding hydrogens is 254 g/mol. The number of rotatable bonds is 3. The average Bonchev–Trinajstić information content (AvgIpc) is 2.67. The number of nitrogens with zero attached hydrogens (tertiary/aromatic N) is 2. The number of benzene rings is 1. The average molecular weight is 268 g/mol. The Labute approximate surface area is 110 Å².